The molecule has 0 saturated carbocycles. The largest absolute Gasteiger partial charge is 0.454 e. The highest BCUT2D eigenvalue weighted by Crippen LogP contribution is 2.34. The van der Waals surface area contributed by atoms with Crippen molar-refractivity contribution in [3.05, 3.63) is 30.9 Å². The molecule has 0 aliphatic carbocycles. The molecule has 2 aliphatic rings. The number of likely N-dealkylation sites (tertiary alicyclic amines) is 1. The fraction of sp³-hybridized carbons (Fsp3) is 0.412. The first-order valence-corrected chi connectivity index (χ1v) is 8.42. The van der Waals surface area contributed by atoms with E-state index in [1.807, 2.05) is 12.1 Å². The standard InChI is InChI=1S/C17H21N3O3S/c1-2-7-18-17(24)20-8-5-12(6-9-20)16(21)19-13-3-4-14-15(10-13)23-11-22-14/h2-4,10,12H,1,5-9,11H2,(H,18,24)(H,19,21). The molecule has 1 saturated heterocycles. The molecule has 0 bridgehead atoms. The van der Waals surface area contributed by atoms with Crippen molar-refractivity contribution in [1.82, 2.24) is 10.2 Å². The van der Waals surface area contributed by atoms with Crippen LogP contribution in [0.5, 0.6) is 11.5 Å². The lowest BCUT2D eigenvalue weighted by Gasteiger charge is -2.33. The molecule has 6 nitrogen and oxygen atoms in total. The number of hydrogen-bond donors (Lipinski definition) is 2. The third-order valence-corrected chi connectivity index (χ3v) is 4.59. The summed E-state index contributed by atoms with van der Waals surface area (Å²) in [4.78, 5) is 14.6. The van der Waals surface area contributed by atoms with Crippen LogP contribution < -0.4 is 20.1 Å². The van der Waals surface area contributed by atoms with Gasteiger partial charge in [0.15, 0.2) is 16.6 Å². The van der Waals surface area contributed by atoms with E-state index in [-0.39, 0.29) is 18.6 Å². The summed E-state index contributed by atoms with van der Waals surface area (Å²) in [5, 5.41) is 6.81. The Labute approximate surface area is 146 Å². The number of anilines is 1. The minimum Gasteiger partial charge on any atom is -0.454 e. The van der Waals surface area contributed by atoms with Gasteiger partial charge in [0.2, 0.25) is 12.7 Å². The molecular weight excluding hydrogens is 326 g/mol. The molecule has 128 valence electrons. The van der Waals surface area contributed by atoms with E-state index in [0.717, 1.165) is 36.7 Å². The van der Waals surface area contributed by atoms with Crippen LogP contribution in [0.25, 0.3) is 0 Å². The summed E-state index contributed by atoms with van der Waals surface area (Å²) >= 11 is 5.34. The summed E-state index contributed by atoms with van der Waals surface area (Å²) in [7, 11) is 0. The van der Waals surface area contributed by atoms with Crippen molar-refractivity contribution in [3.8, 4) is 11.5 Å². The average Bonchev–Trinajstić information content (AvgIpc) is 3.07. The van der Waals surface area contributed by atoms with Crippen LogP contribution in [0.3, 0.4) is 0 Å². The summed E-state index contributed by atoms with van der Waals surface area (Å²) in [6.07, 6.45) is 3.34. The summed E-state index contributed by atoms with van der Waals surface area (Å²) in [5.41, 5.74) is 0.731. The van der Waals surface area contributed by atoms with Gasteiger partial charge in [0.05, 0.1) is 0 Å². The number of fused-ring (bicyclic) bond motifs is 1. The van der Waals surface area contributed by atoms with Crippen molar-refractivity contribution < 1.29 is 14.3 Å². The highest BCUT2D eigenvalue weighted by Gasteiger charge is 2.26. The SMILES string of the molecule is C=CCNC(=S)N1CCC(C(=O)Nc2ccc3c(c2)OCO3)CC1. The smallest absolute Gasteiger partial charge is 0.231 e. The number of carbonyl (C=O) groups is 1. The molecule has 2 heterocycles. The van der Waals surface area contributed by atoms with Crippen molar-refractivity contribution in [2.45, 2.75) is 12.8 Å². The van der Waals surface area contributed by atoms with Gasteiger partial charge in [-0.2, -0.15) is 0 Å². The first kappa shape index (κ1) is 16.6. The predicted molar refractivity (Wildman–Crippen MR) is 96.3 cm³/mol. The second-order valence-electron chi connectivity index (χ2n) is 5.79. The van der Waals surface area contributed by atoms with E-state index in [2.05, 4.69) is 22.1 Å². The fourth-order valence-corrected chi connectivity index (χ4v) is 3.10. The lowest BCUT2D eigenvalue weighted by atomic mass is 9.96. The Morgan fingerprint density at radius 3 is 2.83 bits per heavy atom. The number of amides is 1. The van der Waals surface area contributed by atoms with E-state index in [0.29, 0.717) is 18.0 Å². The highest BCUT2D eigenvalue weighted by molar-refractivity contribution is 7.80. The topological polar surface area (TPSA) is 62.8 Å². The van der Waals surface area contributed by atoms with Crippen molar-refractivity contribution in [3.63, 3.8) is 0 Å². The van der Waals surface area contributed by atoms with E-state index in [1.165, 1.54) is 0 Å². The molecule has 1 fully saturated rings. The zero-order chi connectivity index (χ0) is 16.9. The molecule has 2 N–H and O–H groups in total. The Kier molecular flexibility index (Phi) is 5.20. The normalized spacial score (nSPS) is 16.6. The Balaban J connectivity index is 1.50. The highest BCUT2D eigenvalue weighted by atomic mass is 32.1. The number of nitrogens with zero attached hydrogens (tertiary/aromatic N) is 1. The maximum atomic E-state index is 12.5. The van der Waals surface area contributed by atoms with Gasteiger partial charge in [0.1, 0.15) is 0 Å². The summed E-state index contributed by atoms with van der Waals surface area (Å²) < 4.78 is 10.6. The molecule has 1 aromatic carbocycles. The minimum absolute atomic E-state index is 0.00567. The average molecular weight is 347 g/mol. The van der Waals surface area contributed by atoms with Crippen LogP contribution in [0.15, 0.2) is 30.9 Å². The lowest BCUT2D eigenvalue weighted by molar-refractivity contribution is -0.120. The molecule has 3 rings (SSSR count). The molecule has 7 heteroatoms. The second kappa shape index (κ2) is 7.53. The Hall–Kier alpha value is -2.28. The summed E-state index contributed by atoms with van der Waals surface area (Å²) in [6, 6.07) is 5.43. The molecule has 0 unspecified atom stereocenters. The van der Waals surface area contributed by atoms with Gasteiger partial charge in [0.25, 0.3) is 0 Å². The molecule has 0 radical (unpaired) electrons. The van der Waals surface area contributed by atoms with E-state index >= 15 is 0 Å². The van der Waals surface area contributed by atoms with Crippen molar-refractivity contribution in [2.75, 3.05) is 31.7 Å². The molecule has 2 aliphatic heterocycles. The number of ether oxygens (including phenoxy) is 2. The summed E-state index contributed by atoms with van der Waals surface area (Å²) in [6.45, 7) is 6.11. The van der Waals surface area contributed by atoms with Gasteiger partial charge in [-0.25, -0.2) is 0 Å². The Morgan fingerprint density at radius 1 is 1.33 bits per heavy atom. The first-order valence-electron chi connectivity index (χ1n) is 8.01. The third-order valence-electron chi connectivity index (χ3n) is 4.19. The zero-order valence-corrected chi connectivity index (χ0v) is 14.2. The monoisotopic (exact) mass is 347 g/mol. The van der Waals surface area contributed by atoms with Gasteiger partial charge in [-0.05, 0) is 37.2 Å². The Bertz CT molecular complexity index is 642. The number of benzene rings is 1. The quantitative estimate of drug-likeness (QED) is 0.643. The van der Waals surface area contributed by atoms with E-state index in [1.54, 1.807) is 12.1 Å². The number of nitrogens with one attached hydrogen (secondary N) is 2. The molecule has 0 atom stereocenters. The number of hydrogen-bond acceptors (Lipinski definition) is 4. The Morgan fingerprint density at radius 2 is 2.08 bits per heavy atom. The van der Waals surface area contributed by atoms with Crippen molar-refractivity contribution >= 4 is 28.9 Å². The summed E-state index contributed by atoms with van der Waals surface area (Å²) in [5.74, 6) is 1.41. The zero-order valence-electron chi connectivity index (χ0n) is 13.4. The maximum Gasteiger partial charge on any atom is 0.231 e. The fourth-order valence-electron chi connectivity index (χ4n) is 2.83. The van der Waals surface area contributed by atoms with Gasteiger partial charge >= 0.3 is 0 Å². The van der Waals surface area contributed by atoms with Crippen LogP contribution in [-0.2, 0) is 4.79 Å². The number of rotatable bonds is 4. The third kappa shape index (κ3) is 3.79. The molecule has 0 aromatic heterocycles. The van der Waals surface area contributed by atoms with Gasteiger partial charge < -0.3 is 25.0 Å². The van der Waals surface area contributed by atoms with Crippen molar-refractivity contribution in [1.29, 1.82) is 0 Å². The van der Waals surface area contributed by atoms with Crippen molar-refractivity contribution in [2.24, 2.45) is 5.92 Å². The predicted octanol–water partition coefficient (Wildman–Crippen LogP) is 2.13. The van der Waals surface area contributed by atoms with Crippen LogP contribution in [0.4, 0.5) is 5.69 Å². The van der Waals surface area contributed by atoms with Gasteiger partial charge in [0, 0.05) is 37.3 Å². The van der Waals surface area contributed by atoms with Crippen LogP contribution in [0.2, 0.25) is 0 Å². The molecule has 24 heavy (non-hydrogen) atoms. The maximum absolute atomic E-state index is 12.5. The van der Waals surface area contributed by atoms with Crippen LogP contribution in [-0.4, -0.2) is 42.3 Å². The van der Waals surface area contributed by atoms with Gasteiger partial charge in [-0.1, -0.05) is 6.08 Å². The second-order valence-corrected chi connectivity index (χ2v) is 6.18. The van der Waals surface area contributed by atoms with Crippen LogP contribution >= 0.6 is 12.2 Å². The molecular formula is C17H21N3O3S. The molecule has 1 aromatic rings. The van der Waals surface area contributed by atoms with Gasteiger partial charge in [-0.15, -0.1) is 6.58 Å². The van der Waals surface area contributed by atoms with Crippen LogP contribution in [0.1, 0.15) is 12.8 Å². The van der Waals surface area contributed by atoms with Gasteiger partial charge in [-0.3, -0.25) is 4.79 Å². The van der Waals surface area contributed by atoms with E-state index < -0.39 is 0 Å². The van der Waals surface area contributed by atoms with E-state index in [4.69, 9.17) is 21.7 Å². The number of carbonyl (C=O) groups excluding carboxylic acids is 1. The molecule has 1 amide bonds. The molecule has 0 spiro atoms. The van der Waals surface area contributed by atoms with Crippen LogP contribution in [0, 0.1) is 5.92 Å². The first-order chi connectivity index (χ1) is 11.7. The number of piperidine rings is 1. The number of thiocarbonyl (C=S) groups is 1. The lowest BCUT2D eigenvalue weighted by Crippen LogP contribution is -2.45. The van der Waals surface area contributed by atoms with E-state index in [9.17, 15) is 4.79 Å². The minimum atomic E-state index is -0.00567.